The van der Waals surface area contributed by atoms with Crippen molar-refractivity contribution < 1.29 is 4.74 Å². The summed E-state index contributed by atoms with van der Waals surface area (Å²) in [6.07, 6.45) is 0. The van der Waals surface area contributed by atoms with E-state index in [1.54, 1.807) is 0 Å². The summed E-state index contributed by atoms with van der Waals surface area (Å²) in [5, 5.41) is 0. The number of hydrogen-bond acceptors (Lipinski definition) is 4. The lowest BCUT2D eigenvalue weighted by Crippen LogP contribution is -1.87. The van der Waals surface area contributed by atoms with Crippen LogP contribution in [0.1, 0.15) is 11.8 Å². The molecule has 1 aromatic rings. The van der Waals surface area contributed by atoms with Crippen LogP contribution in [0.2, 0.25) is 0 Å². The Morgan fingerprint density at radius 1 is 1.80 bits per heavy atom. The zero-order chi connectivity index (χ0) is 7.40. The zero-order valence-electron chi connectivity index (χ0n) is 5.83. The second kappa shape index (κ2) is 3.53. The van der Waals surface area contributed by atoms with E-state index < -0.39 is 0 Å². The normalized spacial score (nSPS) is 10.1. The quantitative estimate of drug-likeness (QED) is 0.720. The molecule has 0 aliphatic carbocycles. The molecule has 1 rings (SSSR count). The predicted molar refractivity (Wildman–Crippen MR) is 41.9 cm³/mol. The fourth-order valence-electron chi connectivity index (χ4n) is 0.600. The molecule has 2 N–H and O–H groups in total. The van der Waals surface area contributed by atoms with Crippen LogP contribution in [0.4, 0.5) is 5.82 Å². The lowest BCUT2D eigenvalue weighted by Gasteiger charge is -1.93. The molecule has 1 heterocycles. The summed E-state index contributed by atoms with van der Waals surface area (Å²) in [4.78, 5) is 1.08. The van der Waals surface area contributed by atoms with Gasteiger partial charge in [0.15, 0.2) is 0 Å². The number of aromatic nitrogens is 1. The molecular formula is C6H10N2OS. The number of nitrogens with two attached hydrogens (primary N) is 1. The summed E-state index contributed by atoms with van der Waals surface area (Å²) in [5.74, 6) is 0.583. The van der Waals surface area contributed by atoms with Crippen molar-refractivity contribution in [2.24, 2.45) is 0 Å². The van der Waals surface area contributed by atoms with E-state index in [0.717, 1.165) is 11.5 Å². The average molecular weight is 158 g/mol. The van der Waals surface area contributed by atoms with E-state index in [0.29, 0.717) is 12.4 Å². The molecule has 0 radical (unpaired) electrons. The van der Waals surface area contributed by atoms with Gasteiger partial charge in [-0.05, 0) is 24.5 Å². The zero-order valence-corrected chi connectivity index (χ0v) is 6.65. The first-order valence-electron chi connectivity index (χ1n) is 3.11. The van der Waals surface area contributed by atoms with Crippen LogP contribution < -0.4 is 5.73 Å². The molecule has 0 aliphatic heterocycles. The molecule has 56 valence electrons. The fraction of sp³-hybridized carbons (Fsp3) is 0.500. The number of anilines is 1. The van der Waals surface area contributed by atoms with Crippen LogP contribution in [0.15, 0.2) is 6.07 Å². The van der Waals surface area contributed by atoms with E-state index >= 15 is 0 Å². The van der Waals surface area contributed by atoms with Crippen molar-refractivity contribution in [1.29, 1.82) is 0 Å². The highest BCUT2D eigenvalue weighted by Crippen LogP contribution is 2.11. The third-order valence-electron chi connectivity index (χ3n) is 1.03. The maximum atomic E-state index is 5.39. The summed E-state index contributed by atoms with van der Waals surface area (Å²) in [6.45, 7) is 3.33. The third kappa shape index (κ3) is 1.97. The van der Waals surface area contributed by atoms with Crippen molar-refractivity contribution in [3.05, 3.63) is 10.9 Å². The van der Waals surface area contributed by atoms with Gasteiger partial charge in [-0.2, -0.15) is 4.37 Å². The number of rotatable bonds is 3. The highest BCUT2D eigenvalue weighted by Gasteiger charge is 1.96. The lowest BCUT2D eigenvalue weighted by molar-refractivity contribution is 0.136. The SMILES string of the molecule is CCOCc1cc(N)ns1. The van der Waals surface area contributed by atoms with Crippen molar-refractivity contribution in [3.63, 3.8) is 0 Å². The molecule has 0 fully saturated rings. The van der Waals surface area contributed by atoms with E-state index in [-0.39, 0.29) is 0 Å². The van der Waals surface area contributed by atoms with E-state index in [4.69, 9.17) is 10.5 Å². The van der Waals surface area contributed by atoms with Crippen molar-refractivity contribution in [1.82, 2.24) is 4.37 Å². The predicted octanol–water partition coefficient (Wildman–Crippen LogP) is 1.26. The van der Waals surface area contributed by atoms with Gasteiger partial charge in [-0.3, -0.25) is 0 Å². The topological polar surface area (TPSA) is 48.1 Å². The molecule has 0 spiro atoms. The number of ether oxygens (including phenoxy) is 1. The van der Waals surface area contributed by atoms with Crippen molar-refractivity contribution in [3.8, 4) is 0 Å². The third-order valence-corrected chi connectivity index (χ3v) is 1.80. The summed E-state index contributed by atoms with van der Waals surface area (Å²) in [5.41, 5.74) is 5.39. The largest absolute Gasteiger partial charge is 0.383 e. The molecule has 0 aliphatic rings. The summed E-state index contributed by atoms with van der Waals surface area (Å²) >= 11 is 1.39. The highest BCUT2D eigenvalue weighted by atomic mass is 32.1. The van der Waals surface area contributed by atoms with Gasteiger partial charge in [0, 0.05) is 6.61 Å². The lowest BCUT2D eigenvalue weighted by atomic mass is 10.5. The minimum Gasteiger partial charge on any atom is -0.383 e. The first kappa shape index (κ1) is 7.50. The minimum atomic E-state index is 0.583. The minimum absolute atomic E-state index is 0.583. The van der Waals surface area contributed by atoms with E-state index in [1.165, 1.54) is 11.5 Å². The molecular weight excluding hydrogens is 148 g/mol. The maximum absolute atomic E-state index is 5.39. The smallest absolute Gasteiger partial charge is 0.137 e. The summed E-state index contributed by atoms with van der Waals surface area (Å²) in [7, 11) is 0. The first-order chi connectivity index (χ1) is 4.83. The fourth-order valence-corrected chi connectivity index (χ4v) is 1.18. The van der Waals surface area contributed by atoms with Crippen LogP contribution in [0.3, 0.4) is 0 Å². The van der Waals surface area contributed by atoms with Crippen LogP contribution >= 0.6 is 11.5 Å². The average Bonchev–Trinajstić information content (AvgIpc) is 2.31. The highest BCUT2D eigenvalue weighted by molar-refractivity contribution is 7.06. The maximum Gasteiger partial charge on any atom is 0.137 e. The van der Waals surface area contributed by atoms with E-state index in [9.17, 15) is 0 Å². The Hall–Kier alpha value is -0.610. The molecule has 0 aromatic carbocycles. The van der Waals surface area contributed by atoms with Gasteiger partial charge in [-0.25, -0.2) is 0 Å². The van der Waals surface area contributed by atoms with Crippen LogP contribution in [0, 0.1) is 0 Å². The number of nitrogens with zero attached hydrogens (tertiary/aromatic N) is 1. The molecule has 4 heteroatoms. The molecule has 0 atom stereocenters. The number of nitrogen functional groups attached to an aromatic ring is 1. The first-order valence-corrected chi connectivity index (χ1v) is 3.89. The molecule has 0 unspecified atom stereocenters. The Morgan fingerprint density at radius 2 is 2.60 bits per heavy atom. The van der Waals surface area contributed by atoms with Gasteiger partial charge < -0.3 is 10.5 Å². The molecule has 0 saturated heterocycles. The molecule has 0 amide bonds. The van der Waals surface area contributed by atoms with Gasteiger partial charge in [0.2, 0.25) is 0 Å². The molecule has 0 saturated carbocycles. The number of hydrogen-bond donors (Lipinski definition) is 1. The monoisotopic (exact) mass is 158 g/mol. The van der Waals surface area contributed by atoms with Crippen LogP contribution in [-0.4, -0.2) is 11.0 Å². The molecule has 0 bridgehead atoms. The van der Waals surface area contributed by atoms with Crippen LogP contribution in [0.25, 0.3) is 0 Å². The van der Waals surface area contributed by atoms with Gasteiger partial charge in [-0.15, -0.1) is 0 Å². The molecule has 3 nitrogen and oxygen atoms in total. The summed E-state index contributed by atoms with van der Waals surface area (Å²) < 4.78 is 9.06. The van der Waals surface area contributed by atoms with Crippen molar-refractivity contribution in [2.45, 2.75) is 13.5 Å². The van der Waals surface area contributed by atoms with E-state index in [2.05, 4.69) is 4.37 Å². The Balaban J connectivity index is 2.42. The van der Waals surface area contributed by atoms with Gasteiger partial charge in [-0.1, -0.05) is 0 Å². The van der Waals surface area contributed by atoms with Crippen molar-refractivity contribution in [2.75, 3.05) is 12.3 Å². The molecule has 1 aromatic heterocycles. The summed E-state index contributed by atoms with van der Waals surface area (Å²) in [6, 6.07) is 1.83. The Morgan fingerprint density at radius 3 is 3.10 bits per heavy atom. The molecule has 10 heavy (non-hydrogen) atoms. The Kier molecular flexibility index (Phi) is 2.65. The second-order valence-corrected chi connectivity index (χ2v) is 2.74. The van der Waals surface area contributed by atoms with Gasteiger partial charge in [0.05, 0.1) is 11.5 Å². The Bertz CT molecular complexity index is 199. The van der Waals surface area contributed by atoms with Crippen LogP contribution in [0.5, 0.6) is 0 Å². The standard InChI is InChI=1S/C6H10N2OS/c1-2-9-4-5-3-6(7)8-10-5/h3H,2,4H2,1H3,(H2,7,8). The van der Waals surface area contributed by atoms with E-state index in [1.807, 2.05) is 13.0 Å². The Labute approximate surface area is 64.0 Å². The van der Waals surface area contributed by atoms with Gasteiger partial charge in [0.25, 0.3) is 0 Å². The second-order valence-electron chi connectivity index (χ2n) is 1.86. The van der Waals surface area contributed by atoms with Crippen LogP contribution in [-0.2, 0) is 11.3 Å². The van der Waals surface area contributed by atoms with Gasteiger partial charge in [0.1, 0.15) is 5.82 Å². The van der Waals surface area contributed by atoms with Crippen molar-refractivity contribution >= 4 is 17.4 Å². The van der Waals surface area contributed by atoms with Gasteiger partial charge >= 0.3 is 0 Å².